The Bertz CT molecular complexity index is 464. The number of aromatic hydroxyl groups is 1. The van der Waals surface area contributed by atoms with Crippen LogP contribution in [0.2, 0.25) is 0 Å². The van der Waals surface area contributed by atoms with Crippen molar-refractivity contribution in [3.8, 4) is 5.75 Å². The van der Waals surface area contributed by atoms with Gasteiger partial charge in [-0.05, 0) is 42.5 Å². The van der Waals surface area contributed by atoms with Crippen molar-refractivity contribution in [1.82, 2.24) is 0 Å². The summed E-state index contributed by atoms with van der Waals surface area (Å²) in [6.45, 7) is 0. The lowest BCUT2D eigenvalue weighted by Gasteiger charge is -2.09. The summed E-state index contributed by atoms with van der Waals surface area (Å²) < 4.78 is 0. The largest absolute Gasteiger partial charge is 0.508 e. The van der Waals surface area contributed by atoms with Crippen molar-refractivity contribution in [2.45, 2.75) is 24.6 Å². The number of hydrogen-bond acceptors (Lipinski definition) is 1. The quantitative estimate of drug-likeness (QED) is 0.773. The number of alkyl halides is 1. The van der Waals surface area contributed by atoms with E-state index in [9.17, 15) is 5.11 Å². The number of rotatable bonds is 5. The molecule has 0 saturated carbocycles. The van der Waals surface area contributed by atoms with Gasteiger partial charge in [-0.2, -0.15) is 0 Å². The first-order valence-corrected chi connectivity index (χ1v) is 6.66. The molecule has 1 N–H and O–H groups in total. The van der Waals surface area contributed by atoms with Crippen LogP contribution in [0.4, 0.5) is 0 Å². The minimum Gasteiger partial charge on any atom is -0.508 e. The van der Waals surface area contributed by atoms with Crippen LogP contribution in [-0.2, 0) is 6.42 Å². The first-order valence-electron chi connectivity index (χ1n) is 6.22. The lowest BCUT2D eigenvalue weighted by Crippen LogP contribution is -1.92. The summed E-state index contributed by atoms with van der Waals surface area (Å²) in [7, 11) is 0. The summed E-state index contributed by atoms with van der Waals surface area (Å²) >= 11 is 6.36. The molecular formula is C16H17ClO. The van der Waals surface area contributed by atoms with E-state index < -0.39 is 0 Å². The van der Waals surface area contributed by atoms with Crippen LogP contribution in [0.3, 0.4) is 0 Å². The maximum atomic E-state index is 9.20. The molecule has 2 aromatic carbocycles. The van der Waals surface area contributed by atoms with E-state index in [0.717, 1.165) is 19.3 Å². The van der Waals surface area contributed by atoms with E-state index in [1.807, 2.05) is 30.3 Å². The number of hydrogen-bond donors (Lipinski definition) is 1. The summed E-state index contributed by atoms with van der Waals surface area (Å²) in [6.07, 6.45) is 3.01. The zero-order chi connectivity index (χ0) is 12.8. The molecule has 0 amide bonds. The van der Waals surface area contributed by atoms with E-state index in [2.05, 4.69) is 12.1 Å². The molecule has 0 fully saturated rings. The lowest BCUT2D eigenvalue weighted by atomic mass is 10.0. The van der Waals surface area contributed by atoms with Crippen molar-refractivity contribution >= 4 is 11.6 Å². The first kappa shape index (κ1) is 13.0. The molecule has 2 heteroatoms. The third-order valence-electron chi connectivity index (χ3n) is 3.02. The molecule has 0 heterocycles. The monoisotopic (exact) mass is 260 g/mol. The molecule has 1 atom stereocenters. The van der Waals surface area contributed by atoms with Crippen LogP contribution < -0.4 is 0 Å². The van der Waals surface area contributed by atoms with E-state index >= 15 is 0 Å². The standard InChI is InChI=1S/C16H17ClO/c17-16(14-6-2-1-3-7-14)8-4-5-13-9-11-15(18)12-10-13/h1-3,6-7,9-12,16,18H,4-5,8H2. The number of aryl methyl sites for hydroxylation is 1. The highest BCUT2D eigenvalue weighted by Gasteiger charge is 2.06. The van der Waals surface area contributed by atoms with Crippen LogP contribution in [0.25, 0.3) is 0 Å². The fourth-order valence-corrected chi connectivity index (χ4v) is 2.28. The second-order valence-corrected chi connectivity index (χ2v) is 4.96. The maximum absolute atomic E-state index is 9.20. The SMILES string of the molecule is Oc1ccc(CCCC(Cl)c2ccccc2)cc1. The Kier molecular flexibility index (Phi) is 4.66. The minimum atomic E-state index is 0.0864. The normalized spacial score (nSPS) is 12.3. The van der Waals surface area contributed by atoms with Crippen LogP contribution in [0.1, 0.15) is 29.3 Å². The molecule has 18 heavy (non-hydrogen) atoms. The summed E-state index contributed by atoms with van der Waals surface area (Å²) in [5.41, 5.74) is 2.43. The van der Waals surface area contributed by atoms with Gasteiger partial charge in [-0.3, -0.25) is 0 Å². The smallest absolute Gasteiger partial charge is 0.115 e. The van der Waals surface area contributed by atoms with Gasteiger partial charge in [0.15, 0.2) is 0 Å². The van der Waals surface area contributed by atoms with Crippen molar-refractivity contribution in [2.75, 3.05) is 0 Å². The zero-order valence-corrected chi connectivity index (χ0v) is 11.0. The molecule has 0 aliphatic rings. The van der Waals surface area contributed by atoms with Crippen LogP contribution in [-0.4, -0.2) is 5.11 Å². The second kappa shape index (κ2) is 6.46. The van der Waals surface area contributed by atoms with E-state index in [1.54, 1.807) is 12.1 Å². The number of phenolic OH excluding ortho intramolecular Hbond substituents is 1. The van der Waals surface area contributed by atoms with Crippen molar-refractivity contribution in [1.29, 1.82) is 0 Å². The van der Waals surface area contributed by atoms with Gasteiger partial charge in [0.2, 0.25) is 0 Å². The molecule has 0 aromatic heterocycles. The number of phenols is 1. The Morgan fingerprint density at radius 3 is 2.28 bits per heavy atom. The van der Waals surface area contributed by atoms with Gasteiger partial charge < -0.3 is 5.11 Å². The van der Waals surface area contributed by atoms with Gasteiger partial charge in [0.25, 0.3) is 0 Å². The average Bonchev–Trinajstić information content (AvgIpc) is 2.42. The highest BCUT2D eigenvalue weighted by molar-refractivity contribution is 6.20. The molecule has 0 spiro atoms. The Hall–Kier alpha value is -1.47. The van der Waals surface area contributed by atoms with Gasteiger partial charge in [0.05, 0.1) is 5.38 Å². The molecule has 0 radical (unpaired) electrons. The van der Waals surface area contributed by atoms with Crippen molar-refractivity contribution < 1.29 is 5.11 Å². The molecular weight excluding hydrogens is 244 g/mol. The molecule has 2 aromatic rings. The molecule has 0 bridgehead atoms. The predicted octanol–water partition coefficient (Wildman–Crippen LogP) is 4.70. The summed E-state index contributed by atoms with van der Waals surface area (Å²) in [5.74, 6) is 0.318. The predicted molar refractivity (Wildman–Crippen MR) is 76.1 cm³/mol. The number of halogens is 1. The molecule has 0 aliphatic heterocycles. The second-order valence-electron chi connectivity index (χ2n) is 4.44. The van der Waals surface area contributed by atoms with Crippen LogP contribution in [0, 0.1) is 0 Å². The van der Waals surface area contributed by atoms with Crippen LogP contribution in [0.15, 0.2) is 54.6 Å². The first-order chi connectivity index (χ1) is 8.75. The highest BCUT2D eigenvalue weighted by Crippen LogP contribution is 2.26. The van der Waals surface area contributed by atoms with Crippen molar-refractivity contribution in [3.05, 3.63) is 65.7 Å². The Balaban J connectivity index is 1.80. The van der Waals surface area contributed by atoms with Crippen molar-refractivity contribution in [2.24, 2.45) is 0 Å². The minimum absolute atomic E-state index is 0.0864. The third kappa shape index (κ3) is 3.78. The number of benzene rings is 2. The van der Waals surface area contributed by atoms with Gasteiger partial charge in [0, 0.05) is 0 Å². The topological polar surface area (TPSA) is 20.2 Å². The Morgan fingerprint density at radius 2 is 1.61 bits per heavy atom. The molecule has 0 aliphatic carbocycles. The van der Waals surface area contributed by atoms with Gasteiger partial charge in [-0.15, -0.1) is 11.6 Å². The molecule has 1 unspecified atom stereocenters. The van der Waals surface area contributed by atoms with E-state index in [-0.39, 0.29) is 5.38 Å². The van der Waals surface area contributed by atoms with Gasteiger partial charge in [0.1, 0.15) is 5.75 Å². The van der Waals surface area contributed by atoms with E-state index in [1.165, 1.54) is 11.1 Å². The summed E-state index contributed by atoms with van der Waals surface area (Å²) in [5, 5.41) is 9.28. The van der Waals surface area contributed by atoms with E-state index in [0.29, 0.717) is 5.75 Å². The van der Waals surface area contributed by atoms with Crippen LogP contribution in [0.5, 0.6) is 5.75 Å². The van der Waals surface area contributed by atoms with Crippen molar-refractivity contribution in [3.63, 3.8) is 0 Å². The molecule has 1 nitrogen and oxygen atoms in total. The molecule has 2 rings (SSSR count). The van der Waals surface area contributed by atoms with Gasteiger partial charge in [-0.25, -0.2) is 0 Å². The van der Waals surface area contributed by atoms with Gasteiger partial charge >= 0.3 is 0 Å². The third-order valence-corrected chi connectivity index (χ3v) is 3.49. The summed E-state index contributed by atoms with van der Waals surface area (Å²) in [6, 6.07) is 17.5. The molecule has 0 saturated heterocycles. The van der Waals surface area contributed by atoms with Crippen LogP contribution >= 0.6 is 11.6 Å². The fourth-order valence-electron chi connectivity index (χ4n) is 1.98. The maximum Gasteiger partial charge on any atom is 0.115 e. The fraction of sp³-hybridized carbons (Fsp3) is 0.250. The Morgan fingerprint density at radius 1 is 0.944 bits per heavy atom. The summed E-state index contributed by atoms with van der Waals surface area (Å²) in [4.78, 5) is 0. The van der Waals surface area contributed by atoms with Gasteiger partial charge in [-0.1, -0.05) is 42.5 Å². The van der Waals surface area contributed by atoms with E-state index in [4.69, 9.17) is 11.6 Å². The average molecular weight is 261 g/mol. The zero-order valence-electron chi connectivity index (χ0n) is 10.2. The Labute approximate surface area is 113 Å². The lowest BCUT2D eigenvalue weighted by molar-refractivity contribution is 0.475. The molecule has 94 valence electrons. The highest BCUT2D eigenvalue weighted by atomic mass is 35.5.